The lowest BCUT2D eigenvalue weighted by molar-refractivity contribution is 0.940. The van der Waals surface area contributed by atoms with Crippen molar-refractivity contribution in [1.29, 1.82) is 0 Å². The summed E-state index contributed by atoms with van der Waals surface area (Å²) < 4.78 is 4.36. The predicted octanol–water partition coefficient (Wildman–Crippen LogP) is 5.02. The number of pyridine rings is 2. The summed E-state index contributed by atoms with van der Waals surface area (Å²) in [7, 11) is 0. The van der Waals surface area contributed by atoms with Crippen LogP contribution >= 0.6 is 0 Å². The van der Waals surface area contributed by atoms with Crippen molar-refractivity contribution >= 4 is 22.1 Å². The van der Waals surface area contributed by atoms with Gasteiger partial charge in [0.05, 0.1) is 11.4 Å². The van der Waals surface area contributed by atoms with Gasteiger partial charge >= 0.3 is 0 Å². The number of hydrogen-bond donors (Lipinski definition) is 0. The molecule has 0 amide bonds. The van der Waals surface area contributed by atoms with Crippen molar-refractivity contribution < 1.29 is 0 Å². The number of nitrogens with zero attached hydrogens (tertiary/aromatic N) is 4. The Kier molecular flexibility index (Phi) is 2.88. The Bertz CT molecular complexity index is 1340. The number of aryl methyl sites for hydroxylation is 2. The molecule has 4 heteroatoms. The summed E-state index contributed by atoms with van der Waals surface area (Å²) in [4.78, 5) is 9.95. The van der Waals surface area contributed by atoms with E-state index in [0.717, 1.165) is 17.7 Å². The van der Waals surface area contributed by atoms with Gasteiger partial charge in [0.15, 0.2) is 0 Å². The Labute approximate surface area is 157 Å². The topological polar surface area (TPSA) is 34.6 Å². The zero-order valence-corrected chi connectivity index (χ0v) is 15.4. The summed E-state index contributed by atoms with van der Waals surface area (Å²) >= 11 is 0. The molecule has 1 aromatic carbocycles. The third-order valence-corrected chi connectivity index (χ3v) is 5.95. The van der Waals surface area contributed by atoms with Gasteiger partial charge in [-0.05, 0) is 49.4 Å². The van der Waals surface area contributed by atoms with Crippen molar-refractivity contribution in [3.05, 3.63) is 83.7 Å². The van der Waals surface area contributed by atoms with E-state index >= 15 is 0 Å². The number of benzene rings is 1. The molecule has 1 fully saturated rings. The van der Waals surface area contributed by atoms with Crippen molar-refractivity contribution in [3.63, 3.8) is 0 Å². The smallest absolute Gasteiger partial charge is 0.145 e. The average Bonchev–Trinajstić information content (AvgIpc) is 3.24. The molecule has 6 rings (SSSR count). The van der Waals surface area contributed by atoms with E-state index in [2.05, 4.69) is 83.7 Å². The van der Waals surface area contributed by atoms with Crippen molar-refractivity contribution in [2.75, 3.05) is 0 Å². The summed E-state index contributed by atoms with van der Waals surface area (Å²) in [6, 6.07) is 14.9. The van der Waals surface area contributed by atoms with Crippen molar-refractivity contribution in [1.82, 2.24) is 18.8 Å². The third-order valence-electron chi connectivity index (χ3n) is 5.95. The van der Waals surface area contributed by atoms with Gasteiger partial charge in [-0.1, -0.05) is 24.3 Å². The molecule has 0 radical (unpaired) electrons. The Balaban J connectivity index is 1.43. The van der Waals surface area contributed by atoms with Gasteiger partial charge in [-0.2, -0.15) is 0 Å². The number of imidazole rings is 2. The molecule has 4 nitrogen and oxygen atoms in total. The molecular weight excluding hydrogens is 332 g/mol. The lowest BCUT2D eigenvalue weighted by Gasteiger charge is -2.01. The van der Waals surface area contributed by atoms with Gasteiger partial charge in [-0.25, -0.2) is 9.97 Å². The molecule has 2 unspecified atom stereocenters. The Morgan fingerprint density at radius 3 is 2.78 bits per heavy atom. The molecule has 1 aliphatic carbocycles. The molecule has 1 saturated carbocycles. The molecule has 0 spiro atoms. The molecule has 132 valence electrons. The van der Waals surface area contributed by atoms with Crippen molar-refractivity contribution in [2.24, 2.45) is 0 Å². The number of hydrogen-bond acceptors (Lipinski definition) is 2. The second-order valence-electron chi connectivity index (χ2n) is 7.76. The van der Waals surface area contributed by atoms with Gasteiger partial charge < -0.3 is 8.80 Å². The second kappa shape index (κ2) is 5.19. The molecule has 27 heavy (non-hydrogen) atoms. The maximum atomic E-state index is 5.07. The molecule has 0 aliphatic heterocycles. The van der Waals surface area contributed by atoms with Gasteiger partial charge in [0, 0.05) is 41.5 Å². The molecule has 4 aromatic heterocycles. The minimum absolute atomic E-state index is 0.467. The average molecular weight is 352 g/mol. The Morgan fingerprint density at radius 2 is 1.85 bits per heavy atom. The van der Waals surface area contributed by atoms with E-state index in [1.807, 2.05) is 0 Å². The molecule has 5 aromatic rings. The highest BCUT2D eigenvalue weighted by atomic mass is 15.0. The fourth-order valence-electron chi connectivity index (χ4n) is 4.36. The normalized spacial score (nSPS) is 19.3. The van der Waals surface area contributed by atoms with Crippen LogP contribution in [0.5, 0.6) is 0 Å². The highest BCUT2D eigenvalue weighted by Gasteiger charge is 2.44. The Hall–Kier alpha value is -3.14. The van der Waals surface area contributed by atoms with Crippen LogP contribution in [0.15, 0.2) is 61.1 Å². The van der Waals surface area contributed by atoms with Crippen LogP contribution in [0.3, 0.4) is 0 Å². The minimum Gasteiger partial charge on any atom is -0.307 e. The largest absolute Gasteiger partial charge is 0.307 e. The van der Waals surface area contributed by atoms with Gasteiger partial charge in [-0.3, -0.25) is 0 Å². The van der Waals surface area contributed by atoms with E-state index in [9.17, 15) is 0 Å². The predicted molar refractivity (Wildman–Crippen MR) is 107 cm³/mol. The van der Waals surface area contributed by atoms with Gasteiger partial charge in [0.1, 0.15) is 11.3 Å². The van der Waals surface area contributed by atoms with Crippen LogP contribution in [0.25, 0.3) is 22.1 Å². The summed E-state index contributed by atoms with van der Waals surface area (Å²) in [5.41, 5.74) is 7.01. The van der Waals surface area contributed by atoms with Gasteiger partial charge in [0.2, 0.25) is 0 Å². The molecular formula is C23H20N4. The van der Waals surface area contributed by atoms with E-state index in [1.54, 1.807) is 0 Å². The molecule has 1 aliphatic rings. The summed E-state index contributed by atoms with van der Waals surface area (Å²) in [6.07, 6.45) is 7.56. The molecule has 0 saturated heterocycles. The molecule has 4 heterocycles. The quantitative estimate of drug-likeness (QED) is 0.447. The van der Waals surface area contributed by atoms with Crippen LogP contribution in [0.1, 0.15) is 40.9 Å². The fourth-order valence-corrected chi connectivity index (χ4v) is 4.36. The maximum Gasteiger partial charge on any atom is 0.145 e. The zero-order chi connectivity index (χ0) is 18.1. The highest BCUT2D eigenvalue weighted by molar-refractivity contribution is 5.94. The highest BCUT2D eigenvalue weighted by Crippen LogP contribution is 2.54. The van der Waals surface area contributed by atoms with E-state index in [0.29, 0.717) is 11.8 Å². The first-order valence-corrected chi connectivity index (χ1v) is 9.50. The standard InChI is InChI=1S/C23H20N4/c1-14-7-9-26-13-20(24-21(26)11-14)18-12-19(18)22-15(2)27-10-8-16-5-3-4-6-17(16)23(27)25-22/h3-11,13,18-19H,12H2,1-2H3. The van der Waals surface area contributed by atoms with Crippen molar-refractivity contribution in [2.45, 2.75) is 32.1 Å². The van der Waals surface area contributed by atoms with E-state index in [4.69, 9.17) is 9.97 Å². The van der Waals surface area contributed by atoms with Crippen LogP contribution in [0, 0.1) is 13.8 Å². The lowest BCUT2D eigenvalue weighted by Crippen LogP contribution is -1.90. The number of aromatic nitrogens is 4. The van der Waals surface area contributed by atoms with Crippen LogP contribution < -0.4 is 0 Å². The van der Waals surface area contributed by atoms with Crippen LogP contribution in [0.2, 0.25) is 0 Å². The Morgan fingerprint density at radius 1 is 0.963 bits per heavy atom. The van der Waals surface area contributed by atoms with Crippen LogP contribution in [-0.4, -0.2) is 18.8 Å². The molecule has 2 atom stereocenters. The SMILES string of the molecule is Cc1ccn2cc(C3CC3c3nc4c5ccccc5ccn4c3C)nc2c1. The number of rotatable bonds is 2. The van der Waals surface area contributed by atoms with Crippen LogP contribution in [0.4, 0.5) is 0 Å². The molecule has 0 N–H and O–H groups in total. The lowest BCUT2D eigenvalue weighted by atomic mass is 10.2. The van der Waals surface area contributed by atoms with E-state index in [1.165, 1.54) is 33.4 Å². The summed E-state index contributed by atoms with van der Waals surface area (Å²) in [6.45, 7) is 4.30. The first-order chi connectivity index (χ1) is 13.2. The first-order valence-electron chi connectivity index (χ1n) is 9.50. The van der Waals surface area contributed by atoms with Gasteiger partial charge in [-0.15, -0.1) is 0 Å². The number of fused-ring (bicyclic) bond motifs is 4. The third kappa shape index (κ3) is 2.16. The fraction of sp³-hybridized carbons (Fsp3) is 0.217. The minimum atomic E-state index is 0.467. The first kappa shape index (κ1) is 15.0. The monoisotopic (exact) mass is 352 g/mol. The van der Waals surface area contributed by atoms with E-state index in [-0.39, 0.29) is 0 Å². The summed E-state index contributed by atoms with van der Waals surface area (Å²) in [5.74, 6) is 0.940. The van der Waals surface area contributed by atoms with Crippen LogP contribution in [-0.2, 0) is 0 Å². The van der Waals surface area contributed by atoms with E-state index < -0.39 is 0 Å². The van der Waals surface area contributed by atoms with Gasteiger partial charge in [0.25, 0.3) is 0 Å². The second-order valence-corrected chi connectivity index (χ2v) is 7.76. The summed E-state index contributed by atoms with van der Waals surface area (Å²) in [5, 5.41) is 2.46. The van der Waals surface area contributed by atoms with Crippen molar-refractivity contribution in [3.8, 4) is 0 Å². The maximum absolute atomic E-state index is 5.07. The zero-order valence-electron chi connectivity index (χ0n) is 15.4. The molecule has 0 bridgehead atoms.